The predicted molar refractivity (Wildman–Crippen MR) is 109 cm³/mol. The summed E-state index contributed by atoms with van der Waals surface area (Å²) in [6.07, 6.45) is 0.985. The molecule has 136 valence electrons. The Kier molecular flexibility index (Phi) is 5.89. The molecule has 1 amide bonds. The zero-order valence-corrected chi connectivity index (χ0v) is 16.7. The standard InChI is InChI=1S/C20H22ClN3OS/c1-4-12-24-17-11-10-15(21)13-16(17)22-20(24)26-18(19(25)23(2)3)14-8-6-5-7-9-14/h5-11,13,18H,4,12H2,1-3H3/t18-/m0/s1. The second kappa shape index (κ2) is 8.14. The van der Waals surface area contributed by atoms with Gasteiger partial charge in [0.2, 0.25) is 5.91 Å². The normalized spacial score (nSPS) is 12.3. The Bertz CT molecular complexity index is 908. The number of carbonyl (C=O) groups is 1. The van der Waals surface area contributed by atoms with Gasteiger partial charge in [0, 0.05) is 25.7 Å². The minimum atomic E-state index is -0.339. The maximum Gasteiger partial charge on any atom is 0.240 e. The van der Waals surface area contributed by atoms with Crippen molar-refractivity contribution in [2.45, 2.75) is 30.3 Å². The summed E-state index contributed by atoms with van der Waals surface area (Å²) in [7, 11) is 3.57. The number of aryl methyl sites for hydroxylation is 1. The van der Waals surface area contributed by atoms with Gasteiger partial charge in [-0.05, 0) is 30.2 Å². The van der Waals surface area contributed by atoms with Crippen molar-refractivity contribution in [2.24, 2.45) is 0 Å². The molecule has 0 aliphatic heterocycles. The Balaban J connectivity index is 2.06. The molecule has 0 bridgehead atoms. The number of carbonyl (C=O) groups excluding carboxylic acids is 1. The average Bonchev–Trinajstić information content (AvgIpc) is 2.96. The van der Waals surface area contributed by atoms with E-state index in [9.17, 15) is 4.79 Å². The van der Waals surface area contributed by atoms with Gasteiger partial charge in [-0.1, -0.05) is 60.6 Å². The lowest BCUT2D eigenvalue weighted by molar-refractivity contribution is -0.128. The topological polar surface area (TPSA) is 38.1 Å². The highest BCUT2D eigenvalue weighted by atomic mass is 35.5. The van der Waals surface area contributed by atoms with Crippen LogP contribution in [0.3, 0.4) is 0 Å². The highest BCUT2D eigenvalue weighted by Crippen LogP contribution is 2.38. The second-order valence-corrected chi connectivity index (χ2v) is 7.83. The largest absolute Gasteiger partial charge is 0.348 e. The van der Waals surface area contributed by atoms with Gasteiger partial charge in [0.05, 0.1) is 11.0 Å². The van der Waals surface area contributed by atoms with Crippen molar-refractivity contribution in [3.8, 4) is 0 Å². The number of thioether (sulfide) groups is 1. The highest BCUT2D eigenvalue weighted by molar-refractivity contribution is 8.00. The maximum absolute atomic E-state index is 12.8. The van der Waals surface area contributed by atoms with Gasteiger partial charge in [-0.2, -0.15) is 0 Å². The summed E-state index contributed by atoms with van der Waals surface area (Å²) >= 11 is 7.63. The third-order valence-corrected chi connectivity index (χ3v) is 5.58. The summed E-state index contributed by atoms with van der Waals surface area (Å²) < 4.78 is 2.18. The fourth-order valence-electron chi connectivity index (χ4n) is 2.84. The van der Waals surface area contributed by atoms with Crippen LogP contribution in [-0.2, 0) is 11.3 Å². The quantitative estimate of drug-likeness (QED) is 0.557. The zero-order valence-electron chi connectivity index (χ0n) is 15.1. The molecule has 1 heterocycles. The number of nitrogens with zero attached hydrogens (tertiary/aromatic N) is 3. The van der Waals surface area contributed by atoms with E-state index in [0.717, 1.165) is 34.7 Å². The molecule has 3 aromatic rings. The molecule has 1 atom stereocenters. The molecule has 4 nitrogen and oxygen atoms in total. The third kappa shape index (κ3) is 3.89. The number of likely N-dealkylation sites (N-methyl/N-ethyl adjacent to an activating group) is 1. The summed E-state index contributed by atoms with van der Waals surface area (Å²) in [5, 5.41) is 1.17. The predicted octanol–water partition coefficient (Wildman–Crippen LogP) is 5.02. The van der Waals surface area contributed by atoms with E-state index < -0.39 is 0 Å². The number of halogens is 1. The Morgan fingerprint density at radius 1 is 1.23 bits per heavy atom. The van der Waals surface area contributed by atoms with Crippen molar-refractivity contribution in [3.05, 3.63) is 59.1 Å². The Hall–Kier alpha value is -1.98. The molecule has 0 radical (unpaired) electrons. The number of aromatic nitrogens is 2. The Morgan fingerprint density at radius 2 is 1.96 bits per heavy atom. The first-order chi connectivity index (χ1) is 12.5. The fourth-order valence-corrected chi connectivity index (χ4v) is 4.29. The van der Waals surface area contributed by atoms with E-state index >= 15 is 0 Å². The van der Waals surface area contributed by atoms with Crippen molar-refractivity contribution >= 4 is 40.3 Å². The van der Waals surface area contributed by atoms with E-state index in [0.29, 0.717) is 5.02 Å². The molecular formula is C20H22ClN3OS. The lowest BCUT2D eigenvalue weighted by Crippen LogP contribution is -2.27. The number of imidazole rings is 1. The molecule has 0 saturated heterocycles. The van der Waals surface area contributed by atoms with Crippen molar-refractivity contribution in [2.75, 3.05) is 14.1 Å². The minimum absolute atomic E-state index is 0.0503. The van der Waals surface area contributed by atoms with Crippen LogP contribution in [0.5, 0.6) is 0 Å². The fraction of sp³-hybridized carbons (Fsp3) is 0.300. The second-order valence-electron chi connectivity index (χ2n) is 6.32. The van der Waals surface area contributed by atoms with E-state index in [1.807, 2.05) is 48.5 Å². The molecule has 0 aliphatic carbocycles. The number of fused-ring (bicyclic) bond motifs is 1. The number of rotatable bonds is 6. The summed E-state index contributed by atoms with van der Waals surface area (Å²) in [6.45, 7) is 2.98. The lowest BCUT2D eigenvalue weighted by Gasteiger charge is -2.20. The number of benzene rings is 2. The Morgan fingerprint density at radius 3 is 2.62 bits per heavy atom. The summed E-state index contributed by atoms with van der Waals surface area (Å²) in [6, 6.07) is 15.6. The number of hydrogen-bond donors (Lipinski definition) is 0. The molecule has 0 spiro atoms. The van der Waals surface area contributed by atoms with Crippen molar-refractivity contribution in [1.29, 1.82) is 0 Å². The van der Waals surface area contributed by atoms with E-state index in [1.165, 1.54) is 11.8 Å². The van der Waals surface area contributed by atoms with E-state index in [-0.39, 0.29) is 11.2 Å². The average molecular weight is 388 g/mol. The SMILES string of the molecule is CCCn1c(S[C@H](C(=O)N(C)C)c2ccccc2)nc2cc(Cl)ccc21. The van der Waals surface area contributed by atoms with Gasteiger partial charge < -0.3 is 9.47 Å². The molecule has 0 saturated carbocycles. The summed E-state index contributed by atoms with van der Waals surface area (Å²) in [5.74, 6) is 0.0503. The van der Waals surface area contributed by atoms with Crippen LogP contribution in [0.15, 0.2) is 53.7 Å². The van der Waals surface area contributed by atoms with Crippen molar-refractivity contribution < 1.29 is 4.79 Å². The van der Waals surface area contributed by atoms with E-state index in [4.69, 9.17) is 16.6 Å². The van der Waals surface area contributed by atoms with Crippen LogP contribution in [0.4, 0.5) is 0 Å². The molecule has 6 heteroatoms. The smallest absolute Gasteiger partial charge is 0.240 e. The molecule has 3 rings (SSSR count). The van der Waals surface area contributed by atoms with Crippen LogP contribution in [-0.4, -0.2) is 34.5 Å². The molecule has 1 aromatic heterocycles. The van der Waals surface area contributed by atoms with Crippen LogP contribution in [0.25, 0.3) is 11.0 Å². The van der Waals surface area contributed by atoms with Crippen LogP contribution in [0.2, 0.25) is 5.02 Å². The van der Waals surface area contributed by atoms with Crippen molar-refractivity contribution in [1.82, 2.24) is 14.5 Å². The van der Waals surface area contributed by atoms with Gasteiger partial charge in [-0.3, -0.25) is 4.79 Å². The molecule has 0 N–H and O–H groups in total. The van der Waals surface area contributed by atoms with Gasteiger partial charge in [0.15, 0.2) is 5.16 Å². The van der Waals surface area contributed by atoms with Crippen LogP contribution in [0.1, 0.15) is 24.2 Å². The maximum atomic E-state index is 12.8. The molecule has 0 aliphatic rings. The highest BCUT2D eigenvalue weighted by Gasteiger charge is 2.26. The van der Waals surface area contributed by atoms with Gasteiger partial charge in [-0.15, -0.1) is 0 Å². The minimum Gasteiger partial charge on any atom is -0.348 e. The molecule has 2 aromatic carbocycles. The van der Waals surface area contributed by atoms with Crippen molar-refractivity contribution in [3.63, 3.8) is 0 Å². The number of hydrogen-bond acceptors (Lipinski definition) is 3. The van der Waals surface area contributed by atoms with Crippen LogP contribution in [0, 0.1) is 0 Å². The first-order valence-electron chi connectivity index (χ1n) is 8.59. The van der Waals surface area contributed by atoms with Gasteiger partial charge in [-0.25, -0.2) is 4.98 Å². The molecule has 0 fully saturated rings. The van der Waals surface area contributed by atoms with Gasteiger partial charge in [0.25, 0.3) is 0 Å². The van der Waals surface area contributed by atoms with E-state index in [1.54, 1.807) is 19.0 Å². The molecule has 0 unspecified atom stereocenters. The third-order valence-electron chi connectivity index (χ3n) is 4.11. The van der Waals surface area contributed by atoms with Crippen LogP contribution >= 0.6 is 23.4 Å². The lowest BCUT2D eigenvalue weighted by atomic mass is 10.1. The van der Waals surface area contributed by atoms with Gasteiger partial charge >= 0.3 is 0 Å². The zero-order chi connectivity index (χ0) is 18.7. The monoisotopic (exact) mass is 387 g/mol. The van der Waals surface area contributed by atoms with Crippen LogP contribution < -0.4 is 0 Å². The Labute approximate surface area is 163 Å². The first-order valence-corrected chi connectivity index (χ1v) is 9.85. The summed E-state index contributed by atoms with van der Waals surface area (Å²) in [4.78, 5) is 19.2. The molecular weight excluding hydrogens is 366 g/mol. The molecule has 26 heavy (non-hydrogen) atoms. The number of amides is 1. The summed E-state index contributed by atoms with van der Waals surface area (Å²) in [5.41, 5.74) is 2.88. The first kappa shape index (κ1) is 18.8. The van der Waals surface area contributed by atoms with E-state index in [2.05, 4.69) is 11.5 Å². The van der Waals surface area contributed by atoms with Gasteiger partial charge in [0.1, 0.15) is 5.25 Å².